The number of aromatic amines is 1. The summed E-state index contributed by atoms with van der Waals surface area (Å²) in [7, 11) is 0. The lowest BCUT2D eigenvalue weighted by molar-refractivity contribution is -0.167. The number of benzene rings is 1. The second-order valence-electron chi connectivity index (χ2n) is 4.51. The molecule has 1 aliphatic heterocycles. The van der Waals surface area contributed by atoms with E-state index in [1.807, 2.05) is 30.5 Å². The molecule has 94 valence electrons. The molecule has 3 N–H and O–H groups in total. The van der Waals surface area contributed by atoms with Gasteiger partial charge in [-0.25, -0.2) is 4.79 Å². The molecular formula is C13H15N3O2. The van der Waals surface area contributed by atoms with Gasteiger partial charge in [0.1, 0.15) is 6.04 Å². The number of nitrogens with two attached hydrogens (primary N) is 1. The molecule has 5 nitrogen and oxygen atoms in total. The van der Waals surface area contributed by atoms with Crippen LogP contribution in [0.15, 0.2) is 30.5 Å². The van der Waals surface area contributed by atoms with Crippen LogP contribution in [-0.4, -0.2) is 35.1 Å². The minimum Gasteiger partial charge on any atom is -0.366 e. The summed E-state index contributed by atoms with van der Waals surface area (Å²) in [4.78, 5) is 19.9. The maximum absolute atomic E-state index is 11.7. The van der Waals surface area contributed by atoms with Gasteiger partial charge in [0.05, 0.1) is 13.1 Å². The van der Waals surface area contributed by atoms with Gasteiger partial charge in [0.2, 0.25) is 0 Å². The normalized spacial score (nSPS) is 16.7. The Labute approximate surface area is 104 Å². The van der Waals surface area contributed by atoms with Crippen molar-refractivity contribution in [3.05, 3.63) is 36.0 Å². The Morgan fingerprint density at radius 3 is 3.00 bits per heavy atom. The topological polar surface area (TPSA) is 71.1 Å². The van der Waals surface area contributed by atoms with E-state index in [-0.39, 0.29) is 5.97 Å². The number of fused-ring (bicyclic) bond motifs is 1. The van der Waals surface area contributed by atoms with Crippen LogP contribution in [0.5, 0.6) is 0 Å². The van der Waals surface area contributed by atoms with E-state index in [4.69, 9.17) is 10.6 Å². The van der Waals surface area contributed by atoms with Crippen molar-refractivity contribution < 1.29 is 9.63 Å². The Morgan fingerprint density at radius 2 is 2.22 bits per heavy atom. The van der Waals surface area contributed by atoms with Crippen molar-refractivity contribution in [2.75, 3.05) is 13.1 Å². The summed E-state index contributed by atoms with van der Waals surface area (Å²) in [5, 5.41) is 2.70. The first-order valence-electron chi connectivity index (χ1n) is 6.01. The number of nitrogens with zero attached hydrogens (tertiary/aromatic N) is 1. The van der Waals surface area contributed by atoms with Crippen LogP contribution in [0.4, 0.5) is 0 Å². The lowest BCUT2D eigenvalue weighted by Crippen LogP contribution is -2.35. The van der Waals surface area contributed by atoms with Crippen LogP contribution in [0, 0.1) is 0 Å². The molecule has 0 unspecified atom stereocenters. The number of hydroxylamine groups is 2. The van der Waals surface area contributed by atoms with Crippen LogP contribution < -0.4 is 5.73 Å². The Morgan fingerprint density at radius 1 is 1.44 bits per heavy atom. The quantitative estimate of drug-likeness (QED) is 0.782. The number of carbonyl (C=O) groups is 1. The fourth-order valence-corrected chi connectivity index (χ4v) is 1.95. The SMILES string of the molecule is N[C@@H](Cc1c[nH]c2ccccc12)C(=O)ON1CC1. The van der Waals surface area contributed by atoms with Gasteiger partial charge in [-0.05, 0) is 11.6 Å². The van der Waals surface area contributed by atoms with Gasteiger partial charge in [0.25, 0.3) is 0 Å². The van der Waals surface area contributed by atoms with Crippen molar-refractivity contribution in [1.82, 2.24) is 10.0 Å². The molecule has 2 heterocycles. The van der Waals surface area contributed by atoms with Gasteiger partial charge >= 0.3 is 5.97 Å². The highest BCUT2D eigenvalue weighted by Crippen LogP contribution is 2.19. The van der Waals surface area contributed by atoms with E-state index in [0.29, 0.717) is 6.42 Å². The van der Waals surface area contributed by atoms with E-state index in [9.17, 15) is 4.79 Å². The number of hydrogen-bond acceptors (Lipinski definition) is 4. The van der Waals surface area contributed by atoms with Gasteiger partial charge < -0.3 is 15.6 Å². The molecular weight excluding hydrogens is 230 g/mol. The Bertz CT molecular complexity index is 574. The van der Waals surface area contributed by atoms with E-state index in [0.717, 1.165) is 29.6 Å². The molecule has 1 aromatic heterocycles. The fourth-order valence-electron chi connectivity index (χ4n) is 1.95. The summed E-state index contributed by atoms with van der Waals surface area (Å²) >= 11 is 0. The average molecular weight is 245 g/mol. The number of H-pyrrole nitrogens is 1. The van der Waals surface area contributed by atoms with Gasteiger partial charge in [-0.2, -0.15) is 0 Å². The molecule has 1 aromatic carbocycles. The molecule has 18 heavy (non-hydrogen) atoms. The highest BCUT2D eigenvalue weighted by Gasteiger charge is 2.26. The van der Waals surface area contributed by atoms with Crippen molar-refractivity contribution >= 4 is 16.9 Å². The van der Waals surface area contributed by atoms with Crippen molar-refractivity contribution in [2.24, 2.45) is 5.73 Å². The average Bonchev–Trinajstić information content (AvgIpc) is 3.10. The third-order valence-corrected chi connectivity index (χ3v) is 3.04. The Balaban J connectivity index is 1.72. The molecule has 1 fully saturated rings. The first-order valence-corrected chi connectivity index (χ1v) is 6.01. The van der Waals surface area contributed by atoms with Crippen LogP contribution in [0.1, 0.15) is 5.56 Å². The molecule has 2 aromatic rings. The number of hydrogen-bond donors (Lipinski definition) is 2. The number of rotatable bonds is 4. The van der Waals surface area contributed by atoms with E-state index in [1.165, 1.54) is 0 Å². The van der Waals surface area contributed by atoms with Gasteiger partial charge in [0.15, 0.2) is 0 Å². The van der Waals surface area contributed by atoms with Gasteiger partial charge in [-0.15, -0.1) is 5.06 Å². The van der Waals surface area contributed by atoms with Crippen LogP contribution in [0.25, 0.3) is 10.9 Å². The van der Waals surface area contributed by atoms with Crippen molar-refractivity contribution in [2.45, 2.75) is 12.5 Å². The van der Waals surface area contributed by atoms with Crippen molar-refractivity contribution in [3.63, 3.8) is 0 Å². The van der Waals surface area contributed by atoms with Crippen molar-refractivity contribution in [3.8, 4) is 0 Å². The first kappa shape index (κ1) is 11.3. The van der Waals surface area contributed by atoms with Crippen LogP contribution in [-0.2, 0) is 16.1 Å². The Kier molecular flexibility index (Phi) is 2.77. The van der Waals surface area contributed by atoms with Gasteiger partial charge in [-0.1, -0.05) is 18.2 Å². The van der Waals surface area contributed by atoms with E-state index in [1.54, 1.807) is 5.06 Å². The molecule has 0 saturated carbocycles. The zero-order chi connectivity index (χ0) is 12.5. The van der Waals surface area contributed by atoms with Crippen molar-refractivity contribution in [1.29, 1.82) is 0 Å². The zero-order valence-corrected chi connectivity index (χ0v) is 9.93. The fraction of sp³-hybridized carbons (Fsp3) is 0.308. The van der Waals surface area contributed by atoms with E-state index >= 15 is 0 Å². The second-order valence-corrected chi connectivity index (χ2v) is 4.51. The summed E-state index contributed by atoms with van der Waals surface area (Å²) in [5.74, 6) is -0.363. The molecule has 5 heteroatoms. The minimum absolute atomic E-state index is 0.363. The monoisotopic (exact) mass is 245 g/mol. The first-order chi connectivity index (χ1) is 8.74. The lowest BCUT2D eigenvalue weighted by Gasteiger charge is -2.10. The largest absolute Gasteiger partial charge is 0.366 e. The summed E-state index contributed by atoms with van der Waals surface area (Å²) in [5.41, 5.74) is 7.96. The lowest BCUT2D eigenvalue weighted by atomic mass is 10.1. The molecule has 0 aliphatic carbocycles. The third kappa shape index (κ3) is 2.23. The molecule has 1 aliphatic rings. The van der Waals surface area contributed by atoms with Crippen LogP contribution in [0.3, 0.4) is 0 Å². The van der Waals surface area contributed by atoms with Gasteiger partial charge in [0, 0.05) is 23.5 Å². The van der Waals surface area contributed by atoms with Crippen LogP contribution >= 0.6 is 0 Å². The predicted molar refractivity (Wildman–Crippen MR) is 67.6 cm³/mol. The molecule has 0 radical (unpaired) electrons. The predicted octanol–water partition coefficient (Wildman–Crippen LogP) is 0.812. The van der Waals surface area contributed by atoms with Gasteiger partial charge in [-0.3, -0.25) is 0 Å². The number of carbonyl (C=O) groups excluding carboxylic acids is 1. The molecule has 0 bridgehead atoms. The Hall–Kier alpha value is -1.85. The minimum atomic E-state index is -0.621. The highest BCUT2D eigenvalue weighted by molar-refractivity contribution is 5.84. The standard InChI is InChI=1S/C13H15N3O2/c14-11(13(17)18-16-5-6-16)7-9-8-15-12-4-2-1-3-10(9)12/h1-4,8,11,15H,5-7,14H2/t11-/m0/s1. The van der Waals surface area contributed by atoms with Crippen LogP contribution in [0.2, 0.25) is 0 Å². The number of nitrogens with one attached hydrogen (secondary N) is 1. The smallest absolute Gasteiger partial charge is 0.342 e. The number of para-hydroxylation sites is 1. The molecule has 0 spiro atoms. The summed E-state index contributed by atoms with van der Waals surface area (Å²) in [6.45, 7) is 1.62. The molecule has 3 rings (SSSR count). The summed E-state index contributed by atoms with van der Waals surface area (Å²) in [6, 6.07) is 7.34. The third-order valence-electron chi connectivity index (χ3n) is 3.04. The highest BCUT2D eigenvalue weighted by atomic mass is 16.7. The van der Waals surface area contributed by atoms with E-state index in [2.05, 4.69) is 4.98 Å². The summed E-state index contributed by atoms with van der Waals surface area (Å²) < 4.78 is 0. The molecule has 0 amide bonds. The number of aromatic nitrogens is 1. The summed E-state index contributed by atoms with van der Waals surface area (Å²) in [6.07, 6.45) is 2.38. The molecule has 1 atom stereocenters. The zero-order valence-electron chi connectivity index (χ0n) is 9.93. The second kappa shape index (κ2) is 4.44. The molecule has 1 saturated heterocycles. The maximum Gasteiger partial charge on any atom is 0.342 e. The maximum atomic E-state index is 11.7. The van der Waals surface area contributed by atoms with E-state index < -0.39 is 6.04 Å².